The summed E-state index contributed by atoms with van der Waals surface area (Å²) in [5.41, 5.74) is 1.12. The normalized spacial score (nSPS) is 11.5. The van der Waals surface area contributed by atoms with Gasteiger partial charge in [-0.15, -0.1) is 5.10 Å². The minimum Gasteiger partial charge on any atom is -0.494 e. The lowest BCUT2D eigenvalue weighted by molar-refractivity contribution is -0.116. The number of rotatable bonds is 7. The van der Waals surface area contributed by atoms with Crippen LogP contribution in [0.25, 0.3) is 5.69 Å². The van der Waals surface area contributed by atoms with E-state index in [1.165, 1.54) is 0 Å². The van der Waals surface area contributed by atoms with Gasteiger partial charge in [0.15, 0.2) is 11.6 Å². The maximum Gasteiger partial charge on any atom is 0.226 e. The van der Waals surface area contributed by atoms with Gasteiger partial charge in [-0.3, -0.25) is 4.79 Å². The van der Waals surface area contributed by atoms with Crippen LogP contribution in [0.2, 0.25) is 0 Å². The number of hydrogen-bond acceptors (Lipinski definition) is 8. The number of methoxy groups -OCH3 is 1. The summed E-state index contributed by atoms with van der Waals surface area (Å²) in [6, 6.07) is 5.31. The molecule has 0 saturated carbocycles. The molecule has 3 rings (SSSR count). The van der Waals surface area contributed by atoms with E-state index in [1.54, 1.807) is 36.9 Å². The summed E-state index contributed by atoms with van der Waals surface area (Å²) in [4.78, 5) is 16.7. The fourth-order valence-electron chi connectivity index (χ4n) is 2.67. The van der Waals surface area contributed by atoms with E-state index in [2.05, 4.69) is 31.0 Å². The van der Waals surface area contributed by atoms with Crippen molar-refractivity contribution in [2.24, 2.45) is 0 Å². The highest BCUT2D eigenvalue weighted by atomic mass is 16.5. The third-order valence-corrected chi connectivity index (χ3v) is 4.25. The van der Waals surface area contributed by atoms with Crippen molar-refractivity contribution in [1.82, 2.24) is 30.3 Å². The zero-order chi connectivity index (χ0) is 21.0. The molecular formula is C19H25N7O3. The van der Waals surface area contributed by atoms with Gasteiger partial charge in [-0.1, -0.05) is 25.9 Å². The Kier molecular flexibility index (Phi) is 5.90. The number of nitrogens with zero attached hydrogens (tertiary/aromatic N) is 6. The highest BCUT2D eigenvalue weighted by molar-refractivity contribution is 5.91. The van der Waals surface area contributed by atoms with Crippen LogP contribution in [-0.2, 0) is 16.6 Å². The Balaban J connectivity index is 1.59. The van der Waals surface area contributed by atoms with Crippen LogP contribution >= 0.6 is 0 Å². The van der Waals surface area contributed by atoms with Crippen molar-refractivity contribution in [3.63, 3.8) is 0 Å². The number of carbonyl (C=O) groups is 1. The number of aryl methyl sites for hydroxylation is 2. The number of nitrogens with one attached hydrogen (secondary N) is 1. The van der Waals surface area contributed by atoms with Crippen LogP contribution in [0, 0.1) is 6.92 Å². The van der Waals surface area contributed by atoms with Gasteiger partial charge in [0.1, 0.15) is 11.4 Å². The monoisotopic (exact) mass is 399 g/mol. The Morgan fingerprint density at radius 1 is 1.31 bits per heavy atom. The number of carbonyl (C=O) groups excluding carboxylic acids is 1. The van der Waals surface area contributed by atoms with Gasteiger partial charge >= 0.3 is 0 Å². The molecule has 10 heteroatoms. The van der Waals surface area contributed by atoms with Gasteiger partial charge in [-0.25, -0.2) is 0 Å². The lowest BCUT2D eigenvalue weighted by Gasteiger charge is -2.11. The first-order valence-corrected chi connectivity index (χ1v) is 9.34. The topological polar surface area (TPSA) is 121 Å². The van der Waals surface area contributed by atoms with E-state index in [1.807, 2.05) is 20.8 Å². The van der Waals surface area contributed by atoms with Gasteiger partial charge in [0, 0.05) is 23.9 Å². The van der Waals surface area contributed by atoms with Crippen molar-refractivity contribution in [3.8, 4) is 11.4 Å². The largest absolute Gasteiger partial charge is 0.494 e. The molecule has 10 nitrogen and oxygen atoms in total. The molecule has 0 fully saturated rings. The van der Waals surface area contributed by atoms with E-state index in [-0.39, 0.29) is 11.3 Å². The van der Waals surface area contributed by atoms with Gasteiger partial charge in [0.05, 0.1) is 7.11 Å². The van der Waals surface area contributed by atoms with E-state index in [9.17, 15) is 4.79 Å². The Labute approximate surface area is 168 Å². The predicted molar refractivity (Wildman–Crippen MR) is 105 cm³/mol. The van der Waals surface area contributed by atoms with Crippen molar-refractivity contribution in [2.75, 3.05) is 12.4 Å². The van der Waals surface area contributed by atoms with Gasteiger partial charge in [0.2, 0.25) is 11.8 Å². The van der Waals surface area contributed by atoms with Gasteiger partial charge in [-0.2, -0.15) is 9.67 Å². The molecule has 0 spiro atoms. The molecule has 1 aromatic carbocycles. The Bertz CT molecular complexity index is 988. The van der Waals surface area contributed by atoms with E-state index >= 15 is 0 Å². The van der Waals surface area contributed by atoms with Crippen molar-refractivity contribution in [2.45, 2.75) is 52.4 Å². The first-order chi connectivity index (χ1) is 13.8. The zero-order valence-corrected chi connectivity index (χ0v) is 17.3. The molecule has 2 aromatic heterocycles. The summed E-state index contributed by atoms with van der Waals surface area (Å²) in [6.07, 6.45) is 1.49. The minimum absolute atomic E-state index is 0.106. The van der Waals surface area contributed by atoms with E-state index in [4.69, 9.17) is 9.26 Å². The van der Waals surface area contributed by atoms with Crippen molar-refractivity contribution >= 4 is 11.6 Å². The van der Waals surface area contributed by atoms with Crippen LogP contribution in [0.4, 0.5) is 5.69 Å². The molecule has 0 unspecified atom stereocenters. The Hall–Kier alpha value is -3.30. The molecule has 0 saturated heterocycles. The van der Waals surface area contributed by atoms with Crippen molar-refractivity contribution < 1.29 is 14.1 Å². The maximum absolute atomic E-state index is 12.3. The molecule has 1 N–H and O–H groups in total. The molecule has 154 valence electrons. The van der Waals surface area contributed by atoms with Crippen LogP contribution < -0.4 is 10.1 Å². The molecule has 0 bridgehead atoms. The molecule has 0 aliphatic rings. The number of aromatic nitrogens is 6. The average Bonchev–Trinajstić information content (AvgIpc) is 3.30. The summed E-state index contributed by atoms with van der Waals surface area (Å²) in [5, 5.41) is 18.4. The Morgan fingerprint density at radius 2 is 2.10 bits per heavy atom. The fraction of sp³-hybridized carbons (Fsp3) is 0.474. The number of hydrogen-bond donors (Lipinski definition) is 1. The van der Waals surface area contributed by atoms with Crippen LogP contribution in [0.1, 0.15) is 51.2 Å². The first-order valence-electron chi connectivity index (χ1n) is 9.34. The van der Waals surface area contributed by atoms with Crippen LogP contribution in [0.3, 0.4) is 0 Å². The van der Waals surface area contributed by atoms with Crippen LogP contribution in [-0.4, -0.2) is 43.4 Å². The van der Waals surface area contributed by atoms with Crippen LogP contribution in [0.15, 0.2) is 22.7 Å². The van der Waals surface area contributed by atoms with Gasteiger partial charge in [0.25, 0.3) is 0 Å². The number of tetrazole rings is 1. The van der Waals surface area contributed by atoms with Gasteiger partial charge < -0.3 is 14.6 Å². The minimum atomic E-state index is -0.164. The third-order valence-electron chi connectivity index (χ3n) is 4.25. The molecule has 29 heavy (non-hydrogen) atoms. The smallest absolute Gasteiger partial charge is 0.226 e. The summed E-state index contributed by atoms with van der Waals surface area (Å²) < 4.78 is 12.2. The maximum atomic E-state index is 12.3. The van der Waals surface area contributed by atoms with E-state index < -0.39 is 0 Å². The second-order valence-electron chi connectivity index (χ2n) is 7.69. The second kappa shape index (κ2) is 8.38. The summed E-state index contributed by atoms with van der Waals surface area (Å²) in [6.45, 7) is 7.85. The zero-order valence-electron chi connectivity index (χ0n) is 17.3. The summed E-state index contributed by atoms with van der Waals surface area (Å²) >= 11 is 0. The molecule has 1 amide bonds. The number of benzene rings is 1. The molecule has 0 atom stereocenters. The fourth-order valence-corrected chi connectivity index (χ4v) is 2.67. The van der Waals surface area contributed by atoms with Crippen molar-refractivity contribution in [1.29, 1.82) is 0 Å². The molecule has 3 aromatic rings. The first kappa shape index (κ1) is 20.4. The molecule has 0 radical (unpaired) electrons. The summed E-state index contributed by atoms with van der Waals surface area (Å²) in [7, 11) is 1.57. The quantitative estimate of drug-likeness (QED) is 0.643. The van der Waals surface area contributed by atoms with Crippen molar-refractivity contribution in [3.05, 3.63) is 35.7 Å². The van der Waals surface area contributed by atoms with Crippen LogP contribution in [0.5, 0.6) is 5.75 Å². The lowest BCUT2D eigenvalue weighted by Crippen LogP contribution is -2.13. The summed E-state index contributed by atoms with van der Waals surface area (Å²) in [5.74, 6) is 2.32. The highest BCUT2D eigenvalue weighted by Gasteiger charge is 2.21. The number of ether oxygens (including phenoxy) is 1. The number of amides is 1. The second-order valence-corrected chi connectivity index (χ2v) is 7.69. The molecule has 0 aliphatic carbocycles. The van der Waals surface area contributed by atoms with E-state index in [0.29, 0.717) is 53.9 Å². The predicted octanol–water partition coefficient (Wildman–Crippen LogP) is 2.62. The Morgan fingerprint density at radius 3 is 2.72 bits per heavy atom. The van der Waals surface area contributed by atoms with Gasteiger partial charge in [-0.05, 0) is 42.0 Å². The lowest BCUT2D eigenvalue weighted by atomic mass is 9.96. The van der Waals surface area contributed by atoms with E-state index in [0.717, 1.165) is 0 Å². The average molecular weight is 399 g/mol. The molecule has 0 aliphatic heterocycles. The molecular weight excluding hydrogens is 374 g/mol. The SMILES string of the molecule is COc1ccc(NC(=O)CCCc2nc(C(C)(C)C)no2)cc1-n1nnnc1C. The number of anilines is 1. The standard InChI is InChI=1S/C19H25N7O3/c1-12-22-24-25-26(12)14-11-13(9-10-15(14)28-5)20-16(27)7-6-8-17-21-18(23-29-17)19(2,3)4/h9-11H,6-8H2,1-5H3,(H,20,27). The third kappa shape index (κ3) is 4.95. The molecule has 2 heterocycles. The highest BCUT2D eigenvalue weighted by Crippen LogP contribution is 2.26.